The van der Waals surface area contributed by atoms with Gasteiger partial charge in [0.05, 0.1) is 0 Å². The number of carbonyl (C=O) groups is 1. The number of aromatic nitrogens is 1. The summed E-state index contributed by atoms with van der Waals surface area (Å²) in [5, 5.41) is 3.38. The normalized spacial score (nSPS) is 15.8. The maximum atomic E-state index is 11.3. The summed E-state index contributed by atoms with van der Waals surface area (Å²) in [7, 11) is 0. The summed E-state index contributed by atoms with van der Waals surface area (Å²) in [6.07, 6.45) is 1.93. The van der Waals surface area contributed by atoms with Crippen molar-refractivity contribution in [3.05, 3.63) is 23.9 Å². The molecule has 0 unspecified atom stereocenters. The summed E-state index contributed by atoms with van der Waals surface area (Å²) < 4.78 is 0. The maximum Gasteiger partial charge on any atom is 0.219 e. The molecule has 0 spiro atoms. The van der Waals surface area contributed by atoms with Crippen molar-refractivity contribution in [1.82, 2.24) is 15.2 Å². The molecule has 0 saturated carbocycles. The van der Waals surface area contributed by atoms with Crippen LogP contribution in [0.15, 0.2) is 18.3 Å². The van der Waals surface area contributed by atoms with E-state index in [9.17, 15) is 4.79 Å². The number of anilines is 1. The lowest BCUT2D eigenvalue weighted by Crippen LogP contribution is -2.48. The van der Waals surface area contributed by atoms with Crippen molar-refractivity contribution in [2.24, 2.45) is 0 Å². The SMILES string of the molecule is CC(=O)N1CCN(c2ccc(CNC(C)C)cn2)CC1. The topological polar surface area (TPSA) is 48.5 Å². The van der Waals surface area contributed by atoms with Crippen molar-refractivity contribution < 1.29 is 4.79 Å². The minimum absolute atomic E-state index is 0.160. The third-order valence-corrected chi connectivity index (χ3v) is 3.57. The first-order chi connectivity index (χ1) is 9.56. The van der Waals surface area contributed by atoms with Crippen molar-refractivity contribution in [2.75, 3.05) is 31.1 Å². The summed E-state index contributed by atoms with van der Waals surface area (Å²) in [6, 6.07) is 4.67. The Balaban J connectivity index is 1.89. The second-order valence-corrected chi connectivity index (χ2v) is 5.55. The van der Waals surface area contributed by atoms with Crippen LogP contribution in [0.3, 0.4) is 0 Å². The fraction of sp³-hybridized carbons (Fsp3) is 0.600. The molecule has 0 radical (unpaired) electrons. The van der Waals surface area contributed by atoms with Gasteiger partial charge in [0.15, 0.2) is 0 Å². The maximum absolute atomic E-state index is 11.3. The molecule has 1 aliphatic heterocycles. The van der Waals surface area contributed by atoms with E-state index in [2.05, 4.69) is 41.2 Å². The van der Waals surface area contributed by atoms with E-state index in [0.29, 0.717) is 6.04 Å². The molecule has 1 aromatic rings. The molecular formula is C15H24N4O. The van der Waals surface area contributed by atoms with Crippen LogP contribution in [0.5, 0.6) is 0 Å². The van der Waals surface area contributed by atoms with Crippen molar-refractivity contribution in [3.63, 3.8) is 0 Å². The van der Waals surface area contributed by atoms with Gasteiger partial charge in [-0.15, -0.1) is 0 Å². The molecule has 20 heavy (non-hydrogen) atoms. The molecule has 110 valence electrons. The Bertz CT molecular complexity index is 436. The molecule has 5 nitrogen and oxygen atoms in total. The van der Waals surface area contributed by atoms with Crippen molar-refractivity contribution >= 4 is 11.7 Å². The second-order valence-electron chi connectivity index (χ2n) is 5.55. The van der Waals surface area contributed by atoms with Crippen LogP contribution in [0.1, 0.15) is 26.3 Å². The number of nitrogens with one attached hydrogen (secondary N) is 1. The Morgan fingerprint density at radius 1 is 1.30 bits per heavy atom. The second kappa shape index (κ2) is 6.70. The molecule has 2 heterocycles. The van der Waals surface area contributed by atoms with Gasteiger partial charge in [0.2, 0.25) is 5.91 Å². The first-order valence-electron chi connectivity index (χ1n) is 7.25. The number of carbonyl (C=O) groups excluding carboxylic acids is 1. The van der Waals surface area contributed by atoms with Crippen molar-refractivity contribution in [1.29, 1.82) is 0 Å². The molecule has 1 fully saturated rings. The van der Waals surface area contributed by atoms with Crippen LogP contribution >= 0.6 is 0 Å². The summed E-state index contributed by atoms with van der Waals surface area (Å²) in [4.78, 5) is 20.0. The first kappa shape index (κ1) is 14.8. The zero-order valence-corrected chi connectivity index (χ0v) is 12.6. The zero-order valence-electron chi connectivity index (χ0n) is 12.6. The Labute approximate surface area is 121 Å². The van der Waals surface area contributed by atoms with Crippen molar-refractivity contribution in [2.45, 2.75) is 33.4 Å². The van der Waals surface area contributed by atoms with Crippen LogP contribution in [-0.4, -0.2) is 48.0 Å². The molecule has 1 saturated heterocycles. The molecule has 1 N–H and O–H groups in total. The van der Waals surface area contributed by atoms with Crippen molar-refractivity contribution in [3.8, 4) is 0 Å². The molecule has 0 bridgehead atoms. The van der Waals surface area contributed by atoms with E-state index in [1.54, 1.807) is 6.92 Å². The van der Waals surface area contributed by atoms with E-state index in [0.717, 1.165) is 38.5 Å². The van der Waals surface area contributed by atoms with E-state index < -0.39 is 0 Å². The Morgan fingerprint density at radius 3 is 2.50 bits per heavy atom. The smallest absolute Gasteiger partial charge is 0.219 e. The van der Waals surface area contributed by atoms with Gasteiger partial charge in [-0.1, -0.05) is 19.9 Å². The predicted octanol–water partition coefficient (Wildman–Crippen LogP) is 1.25. The van der Waals surface area contributed by atoms with Gasteiger partial charge in [-0.3, -0.25) is 4.79 Å². The highest BCUT2D eigenvalue weighted by atomic mass is 16.2. The monoisotopic (exact) mass is 276 g/mol. The molecule has 1 amide bonds. The number of amides is 1. The Hall–Kier alpha value is -1.62. The van der Waals surface area contributed by atoms with Crippen LogP contribution in [-0.2, 0) is 11.3 Å². The minimum atomic E-state index is 0.160. The summed E-state index contributed by atoms with van der Waals surface area (Å²) in [5.41, 5.74) is 1.20. The summed E-state index contributed by atoms with van der Waals surface area (Å²) >= 11 is 0. The van der Waals surface area contributed by atoms with E-state index in [1.807, 2.05) is 11.1 Å². The summed E-state index contributed by atoms with van der Waals surface area (Å²) in [6.45, 7) is 10.0. The molecule has 2 rings (SSSR count). The molecule has 0 aromatic carbocycles. The van der Waals surface area contributed by atoms with E-state index in [4.69, 9.17) is 0 Å². The molecule has 0 aliphatic carbocycles. The van der Waals surface area contributed by atoms with Gasteiger partial charge in [-0.05, 0) is 11.6 Å². The average Bonchev–Trinajstić information content (AvgIpc) is 2.46. The van der Waals surface area contributed by atoms with Gasteiger partial charge >= 0.3 is 0 Å². The van der Waals surface area contributed by atoms with Gasteiger partial charge in [-0.2, -0.15) is 0 Å². The molecule has 1 aromatic heterocycles. The predicted molar refractivity (Wildman–Crippen MR) is 80.7 cm³/mol. The highest BCUT2D eigenvalue weighted by Gasteiger charge is 2.19. The van der Waals surface area contributed by atoms with Crippen LogP contribution in [0, 0.1) is 0 Å². The molecule has 5 heteroatoms. The molecule has 1 aliphatic rings. The average molecular weight is 276 g/mol. The number of piperazine rings is 1. The van der Waals surface area contributed by atoms with Gasteiger partial charge < -0.3 is 15.1 Å². The molecular weight excluding hydrogens is 252 g/mol. The van der Waals surface area contributed by atoms with E-state index in [1.165, 1.54) is 5.56 Å². The number of rotatable bonds is 4. The standard InChI is InChI=1S/C15H24N4O/c1-12(2)16-10-14-4-5-15(17-11-14)19-8-6-18(7-9-19)13(3)20/h4-5,11-12,16H,6-10H2,1-3H3. The first-order valence-corrected chi connectivity index (χ1v) is 7.25. The fourth-order valence-corrected chi connectivity index (χ4v) is 2.28. The minimum Gasteiger partial charge on any atom is -0.353 e. The number of nitrogens with zero attached hydrogens (tertiary/aromatic N) is 3. The zero-order chi connectivity index (χ0) is 14.5. The third-order valence-electron chi connectivity index (χ3n) is 3.57. The van der Waals surface area contributed by atoms with E-state index in [-0.39, 0.29) is 5.91 Å². The van der Waals surface area contributed by atoms with E-state index >= 15 is 0 Å². The number of pyridine rings is 1. The van der Waals surface area contributed by atoms with Crippen LogP contribution < -0.4 is 10.2 Å². The third kappa shape index (κ3) is 3.93. The van der Waals surface area contributed by atoms with Crippen LogP contribution in [0.2, 0.25) is 0 Å². The quantitative estimate of drug-likeness (QED) is 0.899. The number of hydrogen-bond donors (Lipinski definition) is 1. The number of hydrogen-bond acceptors (Lipinski definition) is 4. The highest BCUT2D eigenvalue weighted by molar-refractivity contribution is 5.73. The van der Waals surface area contributed by atoms with Crippen LogP contribution in [0.25, 0.3) is 0 Å². The lowest BCUT2D eigenvalue weighted by molar-refractivity contribution is -0.129. The Kier molecular flexibility index (Phi) is 4.95. The Morgan fingerprint density at radius 2 is 2.00 bits per heavy atom. The van der Waals surface area contributed by atoms with Gasteiger partial charge in [0.25, 0.3) is 0 Å². The fourth-order valence-electron chi connectivity index (χ4n) is 2.28. The van der Waals surface area contributed by atoms with Gasteiger partial charge in [0.1, 0.15) is 5.82 Å². The van der Waals surface area contributed by atoms with Gasteiger partial charge in [0, 0.05) is 51.9 Å². The summed E-state index contributed by atoms with van der Waals surface area (Å²) in [5.74, 6) is 1.16. The highest BCUT2D eigenvalue weighted by Crippen LogP contribution is 2.14. The lowest BCUT2D eigenvalue weighted by atomic mass is 10.2. The van der Waals surface area contributed by atoms with Crippen LogP contribution in [0.4, 0.5) is 5.82 Å². The largest absolute Gasteiger partial charge is 0.353 e. The lowest BCUT2D eigenvalue weighted by Gasteiger charge is -2.34. The molecule has 0 atom stereocenters. The van der Waals surface area contributed by atoms with Gasteiger partial charge in [-0.25, -0.2) is 4.98 Å².